The molecule has 0 aromatic heterocycles. The summed E-state index contributed by atoms with van der Waals surface area (Å²) in [6.07, 6.45) is 3.50. The van der Waals surface area contributed by atoms with Gasteiger partial charge in [-0.3, -0.25) is 9.59 Å². The number of nitrogens with two attached hydrogens (primary N) is 1. The standard InChI is InChI=1S/C20H23N3O2S/c1-26-13-11-17(21)19(24)22-16-8-6-15(7-9-16)20(25)23-12-10-14-4-2-3-5-18(14)23/h2-9,17H,10-13,21H2,1H3,(H,22,24)/t17-/m0/s1. The second kappa shape index (κ2) is 8.38. The van der Waals surface area contributed by atoms with Crippen LogP contribution in [0.5, 0.6) is 0 Å². The van der Waals surface area contributed by atoms with Crippen molar-refractivity contribution in [3.8, 4) is 0 Å². The summed E-state index contributed by atoms with van der Waals surface area (Å²) < 4.78 is 0. The van der Waals surface area contributed by atoms with Crippen molar-refractivity contribution < 1.29 is 9.59 Å². The van der Waals surface area contributed by atoms with Crippen LogP contribution in [0.4, 0.5) is 11.4 Å². The summed E-state index contributed by atoms with van der Waals surface area (Å²) in [5.74, 6) is 0.621. The molecule has 1 atom stereocenters. The van der Waals surface area contributed by atoms with E-state index in [0.717, 1.165) is 17.9 Å². The molecular formula is C20H23N3O2S. The van der Waals surface area contributed by atoms with Gasteiger partial charge in [-0.15, -0.1) is 0 Å². The number of carbonyl (C=O) groups is 2. The summed E-state index contributed by atoms with van der Waals surface area (Å²) in [4.78, 5) is 26.7. The predicted molar refractivity (Wildman–Crippen MR) is 108 cm³/mol. The Morgan fingerprint density at radius 3 is 2.65 bits per heavy atom. The highest BCUT2D eigenvalue weighted by atomic mass is 32.2. The molecule has 0 fully saturated rings. The molecule has 136 valence electrons. The first kappa shape index (κ1) is 18.5. The zero-order valence-corrected chi connectivity index (χ0v) is 15.6. The fourth-order valence-electron chi connectivity index (χ4n) is 3.01. The van der Waals surface area contributed by atoms with Gasteiger partial charge in [0.25, 0.3) is 5.91 Å². The molecule has 2 amide bonds. The molecule has 2 aromatic carbocycles. The van der Waals surface area contributed by atoms with Crippen molar-refractivity contribution in [2.45, 2.75) is 18.9 Å². The lowest BCUT2D eigenvalue weighted by Gasteiger charge is -2.17. The van der Waals surface area contributed by atoms with Gasteiger partial charge < -0.3 is 16.0 Å². The van der Waals surface area contributed by atoms with Crippen molar-refractivity contribution in [3.05, 3.63) is 59.7 Å². The number of fused-ring (bicyclic) bond motifs is 1. The third-order valence-electron chi connectivity index (χ3n) is 4.50. The van der Waals surface area contributed by atoms with E-state index in [4.69, 9.17) is 5.73 Å². The Hall–Kier alpha value is -2.31. The molecule has 3 rings (SSSR count). The minimum Gasteiger partial charge on any atom is -0.325 e. The molecule has 1 aliphatic rings. The molecule has 1 aliphatic heterocycles. The van der Waals surface area contributed by atoms with Crippen LogP contribution in [-0.4, -0.2) is 36.4 Å². The summed E-state index contributed by atoms with van der Waals surface area (Å²) in [6, 6.07) is 14.4. The molecule has 26 heavy (non-hydrogen) atoms. The number of amides is 2. The van der Waals surface area contributed by atoms with Crippen molar-refractivity contribution >= 4 is 35.0 Å². The van der Waals surface area contributed by atoms with E-state index in [1.807, 2.05) is 24.5 Å². The highest BCUT2D eigenvalue weighted by Crippen LogP contribution is 2.29. The first-order valence-electron chi connectivity index (χ1n) is 8.65. The summed E-state index contributed by atoms with van der Waals surface area (Å²) in [7, 11) is 0. The van der Waals surface area contributed by atoms with Gasteiger partial charge >= 0.3 is 0 Å². The Bertz CT molecular complexity index is 792. The maximum absolute atomic E-state index is 12.8. The Morgan fingerprint density at radius 1 is 1.19 bits per heavy atom. The fraction of sp³-hybridized carbons (Fsp3) is 0.300. The molecule has 0 unspecified atom stereocenters. The molecule has 1 heterocycles. The van der Waals surface area contributed by atoms with Crippen LogP contribution in [0.1, 0.15) is 22.3 Å². The Labute approximate surface area is 157 Å². The Balaban J connectivity index is 1.65. The highest BCUT2D eigenvalue weighted by Gasteiger charge is 2.25. The molecule has 0 aliphatic carbocycles. The molecule has 2 aromatic rings. The van der Waals surface area contributed by atoms with Gasteiger partial charge in [0.2, 0.25) is 5.91 Å². The topological polar surface area (TPSA) is 75.4 Å². The van der Waals surface area contributed by atoms with Crippen molar-refractivity contribution in [3.63, 3.8) is 0 Å². The minimum absolute atomic E-state index is 0.0236. The van der Waals surface area contributed by atoms with Crippen LogP contribution in [0.2, 0.25) is 0 Å². The number of hydrogen-bond acceptors (Lipinski definition) is 4. The lowest BCUT2D eigenvalue weighted by Crippen LogP contribution is -2.36. The fourth-order valence-corrected chi connectivity index (χ4v) is 3.50. The number of nitrogens with zero attached hydrogens (tertiary/aromatic N) is 1. The quantitative estimate of drug-likeness (QED) is 0.821. The van der Waals surface area contributed by atoms with E-state index in [-0.39, 0.29) is 11.8 Å². The number of anilines is 2. The smallest absolute Gasteiger partial charge is 0.258 e. The Kier molecular flexibility index (Phi) is 5.96. The normalized spacial score (nSPS) is 14.0. The molecule has 6 heteroatoms. The second-order valence-corrected chi connectivity index (χ2v) is 7.28. The SMILES string of the molecule is CSCC[C@H](N)C(=O)Nc1ccc(C(=O)N2CCc3ccccc32)cc1. The van der Waals surface area contributed by atoms with Crippen molar-refractivity contribution in [1.29, 1.82) is 0 Å². The number of rotatable bonds is 6. The molecule has 0 saturated heterocycles. The molecule has 5 nitrogen and oxygen atoms in total. The van der Waals surface area contributed by atoms with Gasteiger partial charge in [0.15, 0.2) is 0 Å². The lowest BCUT2D eigenvalue weighted by atomic mass is 10.1. The monoisotopic (exact) mass is 369 g/mol. The first-order valence-corrected chi connectivity index (χ1v) is 10.0. The van der Waals surface area contributed by atoms with Crippen LogP contribution in [0, 0.1) is 0 Å². The van der Waals surface area contributed by atoms with Crippen LogP contribution >= 0.6 is 11.8 Å². The zero-order chi connectivity index (χ0) is 18.5. The van der Waals surface area contributed by atoms with Gasteiger partial charge in [-0.2, -0.15) is 11.8 Å². The molecule has 0 radical (unpaired) electrons. The second-order valence-electron chi connectivity index (χ2n) is 6.29. The molecule has 0 saturated carbocycles. The highest BCUT2D eigenvalue weighted by molar-refractivity contribution is 7.98. The van der Waals surface area contributed by atoms with E-state index in [2.05, 4.69) is 11.4 Å². The first-order chi connectivity index (χ1) is 12.6. The number of hydrogen-bond donors (Lipinski definition) is 2. The number of carbonyl (C=O) groups excluding carboxylic acids is 2. The van der Waals surface area contributed by atoms with Crippen LogP contribution in [-0.2, 0) is 11.2 Å². The van der Waals surface area contributed by atoms with E-state index < -0.39 is 6.04 Å². The van der Waals surface area contributed by atoms with Gasteiger partial charge in [0.1, 0.15) is 0 Å². The average Bonchev–Trinajstić information content (AvgIpc) is 3.10. The predicted octanol–water partition coefficient (Wildman–Crippen LogP) is 2.91. The molecular weight excluding hydrogens is 346 g/mol. The van der Waals surface area contributed by atoms with Gasteiger partial charge in [-0.25, -0.2) is 0 Å². The number of thioether (sulfide) groups is 1. The number of para-hydroxylation sites is 1. The lowest BCUT2D eigenvalue weighted by molar-refractivity contribution is -0.117. The molecule has 0 spiro atoms. The van der Waals surface area contributed by atoms with Gasteiger partial charge in [-0.1, -0.05) is 18.2 Å². The summed E-state index contributed by atoms with van der Waals surface area (Å²) >= 11 is 1.66. The summed E-state index contributed by atoms with van der Waals surface area (Å²) in [5.41, 5.74) is 9.30. The van der Waals surface area contributed by atoms with E-state index in [1.54, 1.807) is 40.9 Å². The zero-order valence-electron chi connectivity index (χ0n) is 14.8. The van der Waals surface area contributed by atoms with Crippen molar-refractivity contribution in [1.82, 2.24) is 0 Å². The van der Waals surface area contributed by atoms with Crippen molar-refractivity contribution in [2.75, 3.05) is 28.8 Å². The maximum Gasteiger partial charge on any atom is 0.258 e. The summed E-state index contributed by atoms with van der Waals surface area (Å²) in [6.45, 7) is 0.695. The average molecular weight is 369 g/mol. The van der Waals surface area contributed by atoms with Gasteiger partial charge in [0.05, 0.1) is 6.04 Å². The van der Waals surface area contributed by atoms with Gasteiger partial charge in [-0.05, 0) is 60.7 Å². The van der Waals surface area contributed by atoms with Gasteiger partial charge in [0, 0.05) is 23.5 Å². The number of benzene rings is 2. The third-order valence-corrected chi connectivity index (χ3v) is 5.15. The number of nitrogens with one attached hydrogen (secondary N) is 1. The third kappa shape index (κ3) is 4.08. The Morgan fingerprint density at radius 2 is 1.92 bits per heavy atom. The summed E-state index contributed by atoms with van der Waals surface area (Å²) in [5, 5.41) is 2.80. The molecule has 3 N–H and O–H groups in total. The van der Waals surface area contributed by atoms with E-state index in [1.165, 1.54) is 5.56 Å². The van der Waals surface area contributed by atoms with Crippen LogP contribution in [0.15, 0.2) is 48.5 Å². The largest absolute Gasteiger partial charge is 0.325 e. The minimum atomic E-state index is -0.523. The van der Waals surface area contributed by atoms with Crippen LogP contribution in [0.25, 0.3) is 0 Å². The van der Waals surface area contributed by atoms with Crippen LogP contribution in [0.3, 0.4) is 0 Å². The van der Waals surface area contributed by atoms with E-state index >= 15 is 0 Å². The van der Waals surface area contributed by atoms with Crippen molar-refractivity contribution in [2.24, 2.45) is 5.73 Å². The molecule has 0 bridgehead atoms. The maximum atomic E-state index is 12.8. The van der Waals surface area contributed by atoms with E-state index in [9.17, 15) is 9.59 Å². The van der Waals surface area contributed by atoms with Crippen LogP contribution < -0.4 is 16.0 Å². The van der Waals surface area contributed by atoms with E-state index in [0.29, 0.717) is 24.2 Å².